The number of halogens is 1. The predicted molar refractivity (Wildman–Crippen MR) is 89.9 cm³/mol. The van der Waals surface area contributed by atoms with Gasteiger partial charge in [-0.3, -0.25) is 0 Å². The standard InChI is InChI=1S/C18H14BrOS/c19-15-11-13-18(14-12-15)21(20,16-7-3-1-4-8-16)17-9-5-2-6-10-17/h1-14H/q+1. The van der Waals surface area contributed by atoms with Gasteiger partial charge in [-0.05, 0) is 48.5 Å². The molecule has 0 aromatic heterocycles. The van der Waals surface area contributed by atoms with Gasteiger partial charge in [-0.2, -0.15) is 0 Å². The van der Waals surface area contributed by atoms with E-state index in [4.69, 9.17) is 0 Å². The molecular weight excluding hydrogens is 344 g/mol. The molecule has 0 aliphatic heterocycles. The van der Waals surface area contributed by atoms with Gasteiger partial charge in [-0.15, -0.1) is 0 Å². The van der Waals surface area contributed by atoms with Crippen LogP contribution in [-0.4, -0.2) is 0 Å². The third-order valence-electron chi connectivity index (χ3n) is 3.30. The first-order valence-corrected chi connectivity index (χ1v) is 8.96. The first-order valence-electron chi connectivity index (χ1n) is 6.61. The van der Waals surface area contributed by atoms with Crippen molar-refractivity contribution in [2.24, 2.45) is 0 Å². The molecule has 3 heteroatoms. The van der Waals surface area contributed by atoms with Crippen LogP contribution >= 0.6 is 15.9 Å². The quantitative estimate of drug-likeness (QED) is 0.571. The summed E-state index contributed by atoms with van der Waals surface area (Å²) in [6.45, 7) is 0. The van der Waals surface area contributed by atoms with E-state index >= 15 is 0 Å². The maximum Gasteiger partial charge on any atom is 0.182 e. The second-order valence-corrected chi connectivity index (χ2v) is 8.08. The Morgan fingerprint density at radius 3 is 1.38 bits per heavy atom. The van der Waals surface area contributed by atoms with E-state index in [1.807, 2.05) is 84.9 Å². The van der Waals surface area contributed by atoms with E-state index < -0.39 is 9.93 Å². The molecule has 1 nitrogen and oxygen atoms in total. The molecule has 0 amide bonds. The van der Waals surface area contributed by atoms with Crippen LogP contribution in [0.4, 0.5) is 0 Å². The SMILES string of the molecule is O=[S+](c1ccccc1)(c1ccccc1)c1ccc(Br)cc1. The summed E-state index contributed by atoms with van der Waals surface area (Å²) >= 11 is 3.43. The number of hydrogen-bond donors (Lipinski definition) is 0. The first-order chi connectivity index (χ1) is 10.2. The number of hydrogen-bond acceptors (Lipinski definition) is 1. The van der Waals surface area contributed by atoms with E-state index in [2.05, 4.69) is 15.9 Å². The van der Waals surface area contributed by atoms with Gasteiger partial charge in [0.2, 0.25) is 0 Å². The van der Waals surface area contributed by atoms with Crippen molar-refractivity contribution >= 4 is 25.9 Å². The van der Waals surface area contributed by atoms with Crippen molar-refractivity contribution in [2.45, 2.75) is 14.7 Å². The van der Waals surface area contributed by atoms with Crippen LogP contribution < -0.4 is 0 Å². The van der Waals surface area contributed by atoms with Gasteiger partial charge in [0, 0.05) is 4.47 Å². The van der Waals surface area contributed by atoms with Crippen LogP contribution in [0.3, 0.4) is 0 Å². The zero-order chi connectivity index (χ0) is 14.7. The van der Waals surface area contributed by atoms with Crippen LogP contribution in [0.5, 0.6) is 0 Å². The van der Waals surface area contributed by atoms with Crippen molar-refractivity contribution in [1.82, 2.24) is 0 Å². The fourth-order valence-corrected chi connectivity index (χ4v) is 4.94. The Morgan fingerprint density at radius 2 is 0.952 bits per heavy atom. The molecule has 0 unspecified atom stereocenters. The van der Waals surface area contributed by atoms with Crippen molar-refractivity contribution < 1.29 is 4.21 Å². The third-order valence-corrected chi connectivity index (χ3v) is 6.63. The van der Waals surface area contributed by atoms with Crippen molar-refractivity contribution in [3.63, 3.8) is 0 Å². The Hall–Kier alpha value is -1.71. The molecule has 0 aliphatic carbocycles. The maximum atomic E-state index is 13.9. The Morgan fingerprint density at radius 1 is 0.571 bits per heavy atom. The molecular formula is C18H14BrOS+. The Labute approximate surface area is 134 Å². The Balaban J connectivity index is 2.26. The minimum Gasteiger partial charge on any atom is -0.0875 e. The van der Waals surface area contributed by atoms with E-state index in [1.165, 1.54) is 0 Å². The lowest BCUT2D eigenvalue weighted by Gasteiger charge is -2.12. The molecule has 3 aromatic carbocycles. The summed E-state index contributed by atoms with van der Waals surface area (Å²) in [6.07, 6.45) is 0. The third kappa shape index (κ3) is 2.71. The molecule has 0 heterocycles. The van der Waals surface area contributed by atoms with Gasteiger partial charge >= 0.3 is 0 Å². The maximum absolute atomic E-state index is 13.9. The lowest BCUT2D eigenvalue weighted by Crippen LogP contribution is -2.12. The highest BCUT2D eigenvalue weighted by atomic mass is 79.9. The summed E-state index contributed by atoms with van der Waals surface area (Å²) in [5, 5.41) is 0. The summed E-state index contributed by atoms with van der Waals surface area (Å²) in [7, 11) is -2.46. The van der Waals surface area contributed by atoms with E-state index in [0.29, 0.717) is 0 Å². The highest BCUT2D eigenvalue weighted by Crippen LogP contribution is 2.36. The van der Waals surface area contributed by atoms with Crippen LogP contribution in [0.1, 0.15) is 0 Å². The van der Waals surface area contributed by atoms with E-state index in [0.717, 1.165) is 19.2 Å². The fourth-order valence-electron chi connectivity index (χ4n) is 2.26. The predicted octanol–water partition coefficient (Wildman–Crippen LogP) is 5.43. The molecule has 3 aromatic rings. The average molecular weight is 358 g/mol. The molecule has 0 saturated carbocycles. The van der Waals surface area contributed by atoms with Crippen molar-refractivity contribution in [2.75, 3.05) is 0 Å². The van der Waals surface area contributed by atoms with Gasteiger partial charge in [0.05, 0.1) is 0 Å². The molecule has 104 valence electrons. The van der Waals surface area contributed by atoms with E-state index in [-0.39, 0.29) is 0 Å². The molecule has 0 atom stereocenters. The molecule has 0 saturated heterocycles. The molecule has 3 rings (SSSR count). The highest BCUT2D eigenvalue weighted by molar-refractivity contribution is 9.10. The Bertz CT molecular complexity index is 724. The summed E-state index contributed by atoms with van der Waals surface area (Å²) in [6, 6.07) is 27.0. The average Bonchev–Trinajstić information content (AvgIpc) is 2.56. The normalized spacial score (nSPS) is 11.3. The smallest absolute Gasteiger partial charge is 0.0875 e. The van der Waals surface area contributed by atoms with Crippen molar-refractivity contribution in [1.29, 1.82) is 0 Å². The molecule has 0 bridgehead atoms. The van der Waals surface area contributed by atoms with Gasteiger partial charge < -0.3 is 0 Å². The fraction of sp³-hybridized carbons (Fsp3) is 0. The van der Waals surface area contributed by atoms with Crippen molar-refractivity contribution in [3.05, 3.63) is 89.4 Å². The van der Waals surface area contributed by atoms with Gasteiger partial charge in [-0.1, -0.05) is 56.5 Å². The second-order valence-electron chi connectivity index (χ2n) is 4.64. The molecule has 21 heavy (non-hydrogen) atoms. The zero-order valence-electron chi connectivity index (χ0n) is 11.3. The molecule has 0 radical (unpaired) electrons. The second kappa shape index (κ2) is 5.96. The topological polar surface area (TPSA) is 17.1 Å². The monoisotopic (exact) mass is 357 g/mol. The zero-order valence-corrected chi connectivity index (χ0v) is 13.7. The molecule has 0 aliphatic rings. The lowest BCUT2D eigenvalue weighted by molar-refractivity contribution is 0.584. The molecule has 0 fully saturated rings. The van der Waals surface area contributed by atoms with Gasteiger partial charge in [0.25, 0.3) is 0 Å². The number of benzene rings is 3. The summed E-state index contributed by atoms with van der Waals surface area (Å²) in [4.78, 5) is 2.49. The lowest BCUT2D eigenvalue weighted by atomic mass is 10.4. The highest BCUT2D eigenvalue weighted by Gasteiger charge is 2.37. The largest absolute Gasteiger partial charge is 0.182 e. The van der Waals surface area contributed by atoms with Crippen LogP contribution in [0.15, 0.2) is 104 Å². The van der Waals surface area contributed by atoms with Gasteiger partial charge in [-0.25, -0.2) is 0 Å². The van der Waals surface area contributed by atoms with Crippen LogP contribution in [0, 0.1) is 0 Å². The van der Waals surface area contributed by atoms with Crippen LogP contribution in [0.25, 0.3) is 0 Å². The minimum atomic E-state index is -2.46. The van der Waals surface area contributed by atoms with Crippen LogP contribution in [-0.2, 0) is 14.1 Å². The van der Waals surface area contributed by atoms with Crippen LogP contribution in [0.2, 0.25) is 0 Å². The molecule has 0 spiro atoms. The van der Waals surface area contributed by atoms with Crippen molar-refractivity contribution in [3.8, 4) is 0 Å². The molecule has 0 N–H and O–H groups in total. The number of rotatable bonds is 3. The minimum absolute atomic E-state index is 0.822. The Kier molecular flexibility index (Phi) is 4.04. The summed E-state index contributed by atoms with van der Waals surface area (Å²) < 4.78 is 14.9. The summed E-state index contributed by atoms with van der Waals surface area (Å²) in [5.74, 6) is 0. The first kappa shape index (κ1) is 14.2. The van der Waals surface area contributed by atoms with E-state index in [9.17, 15) is 4.21 Å². The van der Waals surface area contributed by atoms with E-state index in [1.54, 1.807) is 0 Å². The van der Waals surface area contributed by atoms with Gasteiger partial charge in [0.1, 0.15) is 0 Å². The summed E-state index contributed by atoms with van der Waals surface area (Å²) in [5.41, 5.74) is 0. The van der Waals surface area contributed by atoms with Gasteiger partial charge in [0.15, 0.2) is 24.6 Å².